The van der Waals surface area contributed by atoms with Crippen LogP contribution in [0.5, 0.6) is 0 Å². The Hall–Kier alpha value is -3.34. The van der Waals surface area contributed by atoms with Crippen LogP contribution in [0.3, 0.4) is 0 Å². The molecule has 2 aromatic heterocycles. The van der Waals surface area contributed by atoms with Gasteiger partial charge in [-0.25, -0.2) is 14.4 Å². The molecule has 4 aromatic rings. The van der Waals surface area contributed by atoms with Gasteiger partial charge in [0.1, 0.15) is 17.2 Å². The molecule has 1 aliphatic rings. The van der Waals surface area contributed by atoms with Crippen LogP contribution in [0.1, 0.15) is 41.2 Å². The Kier molecular flexibility index (Phi) is 5.15. The molecule has 1 atom stereocenters. The van der Waals surface area contributed by atoms with Crippen LogP contribution < -0.4 is 5.73 Å². The van der Waals surface area contributed by atoms with Gasteiger partial charge in [-0.2, -0.15) is 0 Å². The standard InChI is InChI=1S/C22H19F4N5OS/c23-16-10-17-19(31-12-28-11-20(31)21(27)29-17)9-15(16)22(32)30-8-2-1-3-18(30)13-4-6-14(7-5-13)33(24,25)26/h4-7,9-12,18H,1-3,8H2,(H2,27,29)/t18-/m1/s1. The van der Waals surface area contributed by atoms with Crippen LogP contribution in [0.25, 0.3) is 16.6 Å². The molecular weight excluding hydrogens is 458 g/mol. The molecule has 0 aliphatic carbocycles. The fourth-order valence-corrected chi connectivity index (χ4v) is 4.83. The highest BCUT2D eigenvalue weighted by molar-refractivity contribution is 8.20. The van der Waals surface area contributed by atoms with Gasteiger partial charge < -0.3 is 10.6 Å². The Morgan fingerprint density at radius 1 is 1.09 bits per heavy atom. The second kappa shape index (κ2) is 7.91. The van der Waals surface area contributed by atoms with Gasteiger partial charge in [0.25, 0.3) is 5.91 Å². The zero-order valence-electron chi connectivity index (χ0n) is 17.2. The molecule has 0 spiro atoms. The minimum atomic E-state index is -5.32. The van der Waals surface area contributed by atoms with E-state index < -0.39 is 33.8 Å². The number of nitrogens with zero attached hydrogens (tertiary/aromatic N) is 4. The third kappa shape index (κ3) is 3.75. The lowest BCUT2D eigenvalue weighted by molar-refractivity contribution is 0.0607. The fraction of sp³-hybridized carbons (Fsp3) is 0.227. The fourth-order valence-electron chi connectivity index (χ4n) is 4.38. The van der Waals surface area contributed by atoms with Gasteiger partial charge >= 0.3 is 0 Å². The maximum absolute atomic E-state index is 15.0. The van der Waals surface area contributed by atoms with Gasteiger partial charge in [0.05, 0.1) is 40.1 Å². The summed E-state index contributed by atoms with van der Waals surface area (Å²) in [6.07, 6.45) is 5.17. The Bertz CT molecular complexity index is 1370. The maximum atomic E-state index is 15.0. The summed E-state index contributed by atoms with van der Waals surface area (Å²) in [6, 6.07) is 7.06. The number of imidazole rings is 1. The lowest BCUT2D eigenvalue weighted by Crippen LogP contribution is -2.39. The van der Waals surface area contributed by atoms with E-state index in [1.54, 1.807) is 9.30 Å². The molecule has 0 saturated carbocycles. The molecule has 6 nitrogen and oxygen atoms in total. The molecule has 1 fully saturated rings. The number of hydrogen-bond donors (Lipinski definition) is 1. The van der Waals surface area contributed by atoms with Crippen molar-refractivity contribution in [2.45, 2.75) is 30.2 Å². The molecule has 1 aliphatic heterocycles. The third-order valence-electron chi connectivity index (χ3n) is 5.99. The number of hydrogen-bond acceptors (Lipinski definition) is 4. The highest BCUT2D eigenvalue weighted by Gasteiger charge is 2.31. The molecule has 11 heteroatoms. The number of aromatic nitrogens is 3. The largest absolute Gasteiger partial charge is 0.382 e. The van der Waals surface area contributed by atoms with Gasteiger partial charge in [0, 0.05) is 12.6 Å². The molecule has 2 N–H and O–H groups in total. The SMILES string of the molecule is Nc1nc2cc(F)c(C(=O)N3CCCC[C@@H]3c3ccc(S(F)(F)F)cc3)cc2n2cncc12. The Morgan fingerprint density at radius 3 is 2.58 bits per heavy atom. The minimum absolute atomic E-state index is 0.132. The van der Waals surface area contributed by atoms with E-state index in [4.69, 9.17) is 5.73 Å². The molecule has 5 rings (SSSR count). The van der Waals surface area contributed by atoms with Gasteiger partial charge in [0.15, 0.2) is 0 Å². The predicted octanol–water partition coefficient (Wildman–Crippen LogP) is 5.79. The quantitative estimate of drug-likeness (QED) is 0.379. The average Bonchev–Trinajstić information content (AvgIpc) is 3.29. The summed E-state index contributed by atoms with van der Waals surface area (Å²) in [6.45, 7) is 0.383. The second-order valence-electron chi connectivity index (χ2n) is 7.95. The number of benzene rings is 2. The maximum Gasteiger partial charge on any atom is 0.257 e. The molecule has 33 heavy (non-hydrogen) atoms. The first-order valence-electron chi connectivity index (χ1n) is 10.3. The number of carbonyl (C=O) groups excluding carboxylic acids is 1. The van der Waals surface area contributed by atoms with E-state index in [2.05, 4.69) is 9.97 Å². The van der Waals surface area contributed by atoms with E-state index in [9.17, 15) is 16.5 Å². The van der Waals surface area contributed by atoms with Crippen molar-refractivity contribution in [3.05, 3.63) is 65.9 Å². The van der Waals surface area contributed by atoms with Crippen LogP contribution in [-0.4, -0.2) is 31.7 Å². The van der Waals surface area contributed by atoms with Crippen molar-refractivity contribution >= 4 is 39.5 Å². The van der Waals surface area contributed by atoms with E-state index >= 15 is 4.39 Å². The van der Waals surface area contributed by atoms with Crippen molar-refractivity contribution in [2.75, 3.05) is 12.3 Å². The molecule has 0 radical (unpaired) electrons. The average molecular weight is 477 g/mol. The number of nitrogens with two attached hydrogens (primary N) is 1. The first kappa shape index (κ1) is 21.5. The summed E-state index contributed by atoms with van der Waals surface area (Å²) < 4.78 is 55.8. The number of piperidine rings is 1. The van der Waals surface area contributed by atoms with Crippen LogP contribution in [0.4, 0.5) is 21.9 Å². The van der Waals surface area contributed by atoms with E-state index in [0.29, 0.717) is 29.6 Å². The molecule has 0 bridgehead atoms. The Labute approximate surface area is 188 Å². The number of rotatable bonds is 3. The van der Waals surface area contributed by atoms with Gasteiger partial charge in [-0.3, -0.25) is 9.20 Å². The van der Waals surface area contributed by atoms with Crippen LogP contribution in [0.15, 0.2) is 53.8 Å². The smallest absolute Gasteiger partial charge is 0.257 e. The van der Waals surface area contributed by atoms with E-state index in [-0.39, 0.29) is 16.9 Å². The van der Waals surface area contributed by atoms with Crippen molar-refractivity contribution in [1.82, 2.24) is 19.3 Å². The van der Waals surface area contributed by atoms with Crippen molar-refractivity contribution in [3.63, 3.8) is 0 Å². The first-order valence-corrected chi connectivity index (χ1v) is 11.6. The summed E-state index contributed by atoms with van der Waals surface area (Å²) in [7, 11) is 0. The summed E-state index contributed by atoms with van der Waals surface area (Å²) in [5, 5.41) is 0. The lowest BCUT2D eigenvalue weighted by atomic mass is 9.94. The Balaban J connectivity index is 1.54. The highest BCUT2D eigenvalue weighted by Crippen LogP contribution is 2.60. The molecule has 1 saturated heterocycles. The number of anilines is 1. The normalized spacial score (nSPS) is 17.6. The third-order valence-corrected chi connectivity index (χ3v) is 6.80. The molecule has 1 amide bonds. The van der Waals surface area contributed by atoms with E-state index in [0.717, 1.165) is 31.0 Å². The minimum Gasteiger partial charge on any atom is -0.382 e. The van der Waals surface area contributed by atoms with E-state index in [1.165, 1.54) is 30.7 Å². The second-order valence-corrected chi connectivity index (χ2v) is 9.24. The van der Waals surface area contributed by atoms with E-state index in [1.807, 2.05) is 0 Å². The number of likely N-dealkylation sites (tertiary alicyclic amines) is 1. The lowest BCUT2D eigenvalue weighted by Gasteiger charge is -2.36. The number of fused-ring (bicyclic) bond motifs is 3. The number of amides is 1. The summed E-state index contributed by atoms with van der Waals surface area (Å²) in [5.41, 5.74) is 7.68. The van der Waals surface area contributed by atoms with Gasteiger partial charge in [-0.1, -0.05) is 12.1 Å². The zero-order valence-corrected chi connectivity index (χ0v) is 18.0. The van der Waals surface area contributed by atoms with Crippen molar-refractivity contribution in [3.8, 4) is 0 Å². The van der Waals surface area contributed by atoms with Crippen molar-refractivity contribution in [1.29, 1.82) is 0 Å². The van der Waals surface area contributed by atoms with Crippen molar-refractivity contribution < 1.29 is 20.8 Å². The molecule has 172 valence electrons. The predicted molar refractivity (Wildman–Crippen MR) is 118 cm³/mol. The molecule has 0 unspecified atom stereocenters. The molecule has 2 aromatic carbocycles. The van der Waals surface area contributed by atoms with Crippen LogP contribution in [0.2, 0.25) is 0 Å². The highest BCUT2D eigenvalue weighted by atomic mass is 32.3. The summed E-state index contributed by atoms with van der Waals surface area (Å²) in [5.74, 6) is -1.06. The Morgan fingerprint density at radius 2 is 1.85 bits per heavy atom. The van der Waals surface area contributed by atoms with Gasteiger partial charge in [0.2, 0.25) is 11.2 Å². The molecular formula is C22H19F4N5OS. The number of carbonyl (C=O) groups is 1. The topological polar surface area (TPSA) is 76.5 Å². The number of nitrogen functional groups attached to an aromatic ring is 1. The monoisotopic (exact) mass is 477 g/mol. The van der Waals surface area contributed by atoms with Crippen LogP contribution in [-0.2, 0) is 0 Å². The summed E-state index contributed by atoms with van der Waals surface area (Å²) >= 11 is -5.32. The number of halogens is 4. The van der Waals surface area contributed by atoms with Crippen LogP contribution in [0, 0.1) is 5.82 Å². The van der Waals surface area contributed by atoms with Gasteiger partial charge in [-0.15, -0.1) is 11.7 Å². The van der Waals surface area contributed by atoms with Crippen LogP contribution >= 0.6 is 11.2 Å². The van der Waals surface area contributed by atoms with Gasteiger partial charge in [-0.05, 0) is 43.0 Å². The first-order chi connectivity index (χ1) is 15.7. The summed E-state index contributed by atoms with van der Waals surface area (Å²) in [4.78, 5) is 22.6. The molecule has 3 heterocycles. The zero-order chi connectivity index (χ0) is 23.3. The van der Waals surface area contributed by atoms with Crippen molar-refractivity contribution in [2.24, 2.45) is 0 Å².